The summed E-state index contributed by atoms with van der Waals surface area (Å²) in [6.45, 7) is 4.00. The smallest absolute Gasteiger partial charge is 0.322 e. The van der Waals surface area contributed by atoms with E-state index in [1.54, 1.807) is 12.3 Å². The van der Waals surface area contributed by atoms with Gasteiger partial charge in [0.1, 0.15) is 12.1 Å². The minimum absolute atomic E-state index is 0.00375. The number of halogens is 2. The molecule has 0 bridgehead atoms. The van der Waals surface area contributed by atoms with Crippen molar-refractivity contribution < 1.29 is 13.7 Å². The normalized spacial score (nSPS) is 26.3. The number of carbonyl (C=O) groups excluding carboxylic acids is 1. The summed E-state index contributed by atoms with van der Waals surface area (Å²) in [4.78, 5) is 18.8. The van der Waals surface area contributed by atoms with Crippen LogP contribution >= 0.6 is 11.6 Å². The van der Waals surface area contributed by atoms with E-state index in [0.717, 1.165) is 56.6 Å². The summed E-state index contributed by atoms with van der Waals surface area (Å²) in [6.07, 6.45) is 9.25. The van der Waals surface area contributed by atoms with Crippen molar-refractivity contribution in [1.82, 2.24) is 9.80 Å². The maximum Gasteiger partial charge on any atom is 0.322 e. The highest BCUT2D eigenvalue weighted by atomic mass is 35.5. The van der Waals surface area contributed by atoms with Crippen molar-refractivity contribution in [2.75, 3.05) is 37.8 Å². The van der Waals surface area contributed by atoms with Gasteiger partial charge in [0.15, 0.2) is 4.90 Å². The molecule has 0 radical (unpaired) electrons. The average Bonchev–Trinajstić information content (AvgIpc) is 3.38. The topological polar surface area (TPSA) is 58.6 Å². The van der Waals surface area contributed by atoms with E-state index < -0.39 is 17.0 Å². The van der Waals surface area contributed by atoms with Crippen LogP contribution in [0.4, 0.5) is 14.9 Å². The molecule has 1 saturated heterocycles. The van der Waals surface area contributed by atoms with Crippen LogP contribution in [-0.4, -0.2) is 58.9 Å². The molecule has 0 spiro atoms. The van der Waals surface area contributed by atoms with Gasteiger partial charge in [-0.15, -0.1) is 0 Å². The van der Waals surface area contributed by atoms with Crippen molar-refractivity contribution in [3.63, 3.8) is 0 Å². The number of nitrogens with zero attached hydrogens (tertiary/aromatic N) is 2. The second kappa shape index (κ2) is 10.9. The van der Waals surface area contributed by atoms with E-state index in [2.05, 4.69) is 22.3 Å². The van der Waals surface area contributed by atoms with Crippen LogP contribution in [0.3, 0.4) is 0 Å². The van der Waals surface area contributed by atoms with E-state index >= 15 is 0 Å². The van der Waals surface area contributed by atoms with Crippen LogP contribution in [0.1, 0.15) is 50.5 Å². The second-order valence-corrected chi connectivity index (χ2v) is 12.4. The second-order valence-electron chi connectivity index (χ2n) is 10.6. The number of benzene rings is 2. The fraction of sp³-hybridized carbons (Fsp3) is 0.536. The average molecular weight is 532 g/mol. The van der Waals surface area contributed by atoms with Crippen LogP contribution in [0.15, 0.2) is 47.4 Å². The van der Waals surface area contributed by atoms with Crippen molar-refractivity contribution in [2.45, 2.75) is 61.3 Å². The summed E-state index contributed by atoms with van der Waals surface area (Å²) in [5.41, 5.74) is 1.97. The molecule has 36 heavy (non-hydrogen) atoms. The van der Waals surface area contributed by atoms with Gasteiger partial charge in [0.05, 0.1) is 5.02 Å². The van der Waals surface area contributed by atoms with E-state index in [1.165, 1.54) is 30.5 Å². The highest BCUT2D eigenvalue weighted by Crippen LogP contribution is 2.63. The molecule has 194 valence electrons. The van der Waals surface area contributed by atoms with Gasteiger partial charge in [-0.1, -0.05) is 23.7 Å². The lowest BCUT2D eigenvalue weighted by atomic mass is 9.80. The van der Waals surface area contributed by atoms with E-state index in [-0.39, 0.29) is 22.5 Å². The number of likely N-dealkylation sites (tertiary alicyclic amines) is 1. The number of anilines is 1. The SMILES string of the molecule is C[S+]([O-])c1cccc([C@]23CC[C@@H](N(CCCN4CCCC4)C(=O)Nc4ccc(F)c(Cl)c4)CC2C3)c1. The first-order chi connectivity index (χ1) is 17.4. The molecule has 1 aliphatic heterocycles. The fourth-order valence-electron chi connectivity index (χ4n) is 6.32. The molecule has 4 atom stereocenters. The Labute approximate surface area is 221 Å². The van der Waals surface area contributed by atoms with Gasteiger partial charge in [-0.25, -0.2) is 9.18 Å². The summed E-state index contributed by atoms with van der Waals surface area (Å²) in [5, 5.41) is 2.97. The molecule has 3 aliphatic rings. The standard InChI is InChI=1S/C28H35ClFN3O2S/c1-36(35)24-7-4-6-20(17-24)28-11-10-23(16-21(28)19-28)33(15-5-14-32-12-2-3-13-32)27(34)31-22-8-9-26(30)25(29)18-22/h4,6-9,17-18,21,23H,2-3,5,10-16,19H2,1H3,(H,31,34)/t21?,23-,28-,36?/m1/s1. The minimum Gasteiger partial charge on any atom is -0.612 e. The molecule has 0 aromatic heterocycles. The number of fused-ring (bicyclic) bond motifs is 1. The molecule has 2 aliphatic carbocycles. The number of amides is 2. The van der Waals surface area contributed by atoms with Gasteiger partial charge < -0.3 is 19.7 Å². The van der Waals surface area contributed by atoms with E-state index in [4.69, 9.17) is 11.6 Å². The Hall–Kier alpha value is -1.80. The molecule has 2 saturated carbocycles. The summed E-state index contributed by atoms with van der Waals surface area (Å²) >= 11 is 4.96. The molecule has 2 unspecified atom stereocenters. The molecular formula is C28H35ClFN3O2S. The van der Waals surface area contributed by atoms with Crippen LogP contribution in [0, 0.1) is 11.7 Å². The maximum atomic E-state index is 13.6. The lowest BCUT2D eigenvalue weighted by Crippen LogP contribution is -2.46. The first-order valence-electron chi connectivity index (χ1n) is 13.0. The Bertz CT molecular complexity index is 1100. The van der Waals surface area contributed by atoms with Crippen LogP contribution in [0.2, 0.25) is 5.02 Å². The van der Waals surface area contributed by atoms with Gasteiger partial charge in [0, 0.05) is 18.3 Å². The molecule has 8 heteroatoms. The third-order valence-corrected chi connectivity index (χ3v) is 9.61. The molecule has 2 aromatic carbocycles. The largest absolute Gasteiger partial charge is 0.612 e. The molecule has 5 nitrogen and oxygen atoms in total. The van der Waals surface area contributed by atoms with E-state index in [1.807, 2.05) is 17.0 Å². The zero-order valence-corrected chi connectivity index (χ0v) is 22.4. The predicted octanol–water partition coefficient (Wildman–Crippen LogP) is 6.05. The Kier molecular flexibility index (Phi) is 7.82. The molecule has 5 rings (SSSR count). The van der Waals surface area contributed by atoms with Gasteiger partial charge in [-0.2, -0.15) is 0 Å². The van der Waals surface area contributed by atoms with Crippen molar-refractivity contribution in [3.05, 3.63) is 58.9 Å². The lowest BCUT2D eigenvalue weighted by Gasteiger charge is -2.37. The number of carbonyl (C=O) groups is 1. The summed E-state index contributed by atoms with van der Waals surface area (Å²) in [6, 6.07) is 12.6. The van der Waals surface area contributed by atoms with E-state index in [9.17, 15) is 13.7 Å². The maximum absolute atomic E-state index is 13.6. The van der Waals surface area contributed by atoms with Crippen LogP contribution in [0.25, 0.3) is 0 Å². The summed E-state index contributed by atoms with van der Waals surface area (Å²) < 4.78 is 25.6. The molecule has 3 fully saturated rings. The zero-order chi connectivity index (χ0) is 25.3. The molecule has 2 aromatic rings. The first-order valence-corrected chi connectivity index (χ1v) is 15.0. The van der Waals surface area contributed by atoms with Gasteiger partial charge in [0.25, 0.3) is 0 Å². The quantitative estimate of drug-likeness (QED) is 0.422. The fourth-order valence-corrected chi connectivity index (χ4v) is 7.07. The Morgan fingerprint density at radius 1 is 1.28 bits per heavy atom. The van der Waals surface area contributed by atoms with Gasteiger partial charge >= 0.3 is 6.03 Å². The highest BCUT2D eigenvalue weighted by Gasteiger charge is 2.58. The number of rotatable bonds is 8. The van der Waals surface area contributed by atoms with Crippen LogP contribution in [-0.2, 0) is 16.6 Å². The number of hydrogen-bond acceptors (Lipinski definition) is 3. The lowest BCUT2D eigenvalue weighted by molar-refractivity contribution is 0.156. The number of urea groups is 1. The molecule has 2 amide bonds. The zero-order valence-electron chi connectivity index (χ0n) is 20.8. The molecular weight excluding hydrogens is 497 g/mol. The summed E-state index contributed by atoms with van der Waals surface area (Å²) in [5.74, 6) is 0.0383. The number of nitrogens with one attached hydrogen (secondary N) is 1. The number of hydrogen-bond donors (Lipinski definition) is 1. The van der Waals surface area contributed by atoms with E-state index in [0.29, 0.717) is 18.2 Å². The highest BCUT2D eigenvalue weighted by molar-refractivity contribution is 7.90. The van der Waals surface area contributed by atoms with Crippen LogP contribution in [0.5, 0.6) is 0 Å². The van der Waals surface area contributed by atoms with Crippen molar-refractivity contribution in [2.24, 2.45) is 5.92 Å². The summed E-state index contributed by atoms with van der Waals surface area (Å²) in [7, 11) is 0. The Morgan fingerprint density at radius 3 is 2.81 bits per heavy atom. The van der Waals surface area contributed by atoms with Crippen molar-refractivity contribution in [1.29, 1.82) is 0 Å². The van der Waals surface area contributed by atoms with Gasteiger partial charge in [-0.05, 0) is 123 Å². The van der Waals surface area contributed by atoms with Gasteiger partial charge in [-0.3, -0.25) is 0 Å². The molecule has 1 heterocycles. The Balaban J connectivity index is 1.27. The minimum atomic E-state index is -0.990. The third-order valence-electron chi connectivity index (χ3n) is 8.40. The Morgan fingerprint density at radius 2 is 2.08 bits per heavy atom. The van der Waals surface area contributed by atoms with Crippen molar-refractivity contribution >= 4 is 34.5 Å². The van der Waals surface area contributed by atoms with Crippen molar-refractivity contribution in [3.8, 4) is 0 Å². The monoisotopic (exact) mass is 531 g/mol. The predicted molar refractivity (Wildman–Crippen MR) is 144 cm³/mol. The molecule has 1 N–H and O–H groups in total. The van der Waals surface area contributed by atoms with Gasteiger partial charge in [0.2, 0.25) is 0 Å². The first kappa shape index (κ1) is 25.8. The third kappa shape index (κ3) is 5.54. The van der Waals surface area contributed by atoms with Crippen LogP contribution < -0.4 is 5.32 Å².